The summed E-state index contributed by atoms with van der Waals surface area (Å²) in [4.78, 5) is 6.24. The maximum Gasteiger partial charge on any atom is 0.0985 e. The van der Waals surface area contributed by atoms with E-state index in [-0.39, 0.29) is 0 Å². The quantitative estimate of drug-likeness (QED) is 0.897. The van der Waals surface area contributed by atoms with Gasteiger partial charge in [-0.25, -0.2) is 4.98 Å². The number of nitrogens with one attached hydrogen (secondary N) is 1. The summed E-state index contributed by atoms with van der Waals surface area (Å²) in [6.07, 6.45) is 2.40. The first-order valence-corrected chi connectivity index (χ1v) is 7.25. The fraction of sp³-hybridized carbons (Fsp3) is 0.769. The number of aromatic nitrogens is 1. The molecule has 1 aliphatic heterocycles. The summed E-state index contributed by atoms with van der Waals surface area (Å²) in [6, 6.07) is 0. The van der Waals surface area contributed by atoms with Crippen LogP contribution in [-0.2, 0) is 11.3 Å². The summed E-state index contributed by atoms with van der Waals surface area (Å²) in [7, 11) is 1.99. The van der Waals surface area contributed by atoms with Crippen molar-refractivity contribution >= 4 is 11.3 Å². The molecule has 0 spiro atoms. The lowest BCUT2D eigenvalue weighted by Crippen LogP contribution is -2.15. The number of hydrogen-bond donors (Lipinski definition) is 1. The Hall–Kier alpha value is -0.450. The normalized spacial score (nSPS) is 21.1. The Morgan fingerprint density at radius 1 is 1.53 bits per heavy atom. The fourth-order valence-corrected chi connectivity index (χ4v) is 3.58. The van der Waals surface area contributed by atoms with Crippen molar-refractivity contribution in [2.75, 3.05) is 20.3 Å². The Morgan fingerprint density at radius 2 is 2.35 bits per heavy atom. The van der Waals surface area contributed by atoms with Crippen LogP contribution in [0, 0.1) is 0 Å². The molecule has 1 aliphatic rings. The number of rotatable bonds is 4. The van der Waals surface area contributed by atoms with E-state index in [1.807, 2.05) is 18.4 Å². The van der Waals surface area contributed by atoms with Gasteiger partial charge in [0.25, 0.3) is 0 Å². The molecule has 0 amide bonds. The Bertz CT molecular complexity index is 356. The van der Waals surface area contributed by atoms with Crippen molar-refractivity contribution in [3.8, 4) is 0 Å². The third-order valence-electron chi connectivity index (χ3n) is 3.14. The molecule has 0 aromatic carbocycles. The van der Waals surface area contributed by atoms with Crippen LogP contribution in [0.25, 0.3) is 0 Å². The van der Waals surface area contributed by atoms with Crippen molar-refractivity contribution in [3.05, 3.63) is 15.6 Å². The molecule has 1 fully saturated rings. The van der Waals surface area contributed by atoms with Gasteiger partial charge < -0.3 is 10.1 Å². The van der Waals surface area contributed by atoms with Crippen LogP contribution in [0.4, 0.5) is 0 Å². The van der Waals surface area contributed by atoms with Gasteiger partial charge in [-0.1, -0.05) is 13.8 Å². The minimum atomic E-state index is 0.507. The standard InChI is InChI=1S/C13H22N2OS/c1-9(2)12-11(7-14-3)17-13(15-12)10-5-4-6-16-8-10/h9-10,14H,4-8H2,1-3H3. The topological polar surface area (TPSA) is 34.1 Å². The average molecular weight is 254 g/mol. The molecule has 1 saturated heterocycles. The molecule has 1 aromatic rings. The van der Waals surface area contributed by atoms with Crippen LogP contribution in [-0.4, -0.2) is 25.2 Å². The highest BCUT2D eigenvalue weighted by atomic mass is 32.1. The number of nitrogens with zero attached hydrogens (tertiary/aromatic N) is 1. The van der Waals surface area contributed by atoms with Crippen molar-refractivity contribution in [1.29, 1.82) is 0 Å². The molecule has 1 unspecified atom stereocenters. The predicted octanol–water partition coefficient (Wildman–Crippen LogP) is 2.88. The van der Waals surface area contributed by atoms with Gasteiger partial charge in [0.2, 0.25) is 0 Å². The van der Waals surface area contributed by atoms with E-state index < -0.39 is 0 Å². The molecule has 3 nitrogen and oxygen atoms in total. The minimum Gasteiger partial charge on any atom is -0.381 e. The maximum atomic E-state index is 5.56. The molecule has 0 radical (unpaired) electrons. The lowest BCUT2D eigenvalue weighted by molar-refractivity contribution is 0.0803. The number of hydrogen-bond acceptors (Lipinski definition) is 4. The lowest BCUT2D eigenvalue weighted by atomic mass is 10.0. The molecule has 1 aromatic heterocycles. The van der Waals surface area contributed by atoms with E-state index in [1.54, 1.807) is 0 Å². The third-order valence-corrected chi connectivity index (χ3v) is 4.37. The fourth-order valence-electron chi connectivity index (χ4n) is 2.23. The van der Waals surface area contributed by atoms with E-state index in [1.165, 1.54) is 28.4 Å². The van der Waals surface area contributed by atoms with E-state index in [4.69, 9.17) is 9.72 Å². The van der Waals surface area contributed by atoms with Gasteiger partial charge in [0, 0.05) is 23.9 Å². The van der Waals surface area contributed by atoms with E-state index in [9.17, 15) is 0 Å². The smallest absolute Gasteiger partial charge is 0.0985 e. The summed E-state index contributed by atoms with van der Waals surface area (Å²) in [5, 5.41) is 4.51. The highest BCUT2D eigenvalue weighted by Gasteiger charge is 2.22. The molecule has 0 bridgehead atoms. The summed E-state index contributed by atoms with van der Waals surface area (Å²) in [5.74, 6) is 1.03. The van der Waals surface area contributed by atoms with E-state index in [0.29, 0.717) is 11.8 Å². The summed E-state index contributed by atoms with van der Waals surface area (Å²) in [5.41, 5.74) is 1.27. The van der Waals surface area contributed by atoms with Gasteiger partial charge in [-0.05, 0) is 25.8 Å². The number of thiazole rings is 1. The lowest BCUT2D eigenvalue weighted by Gasteiger charge is -2.19. The van der Waals surface area contributed by atoms with Gasteiger partial charge in [0.05, 0.1) is 17.3 Å². The highest BCUT2D eigenvalue weighted by Crippen LogP contribution is 2.33. The van der Waals surface area contributed by atoms with Gasteiger partial charge in [-0.15, -0.1) is 11.3 Å². The zero-order chi connectivity index (χ0) is 12.3. The molecule has 2 heterocycles. The van der Waals surface area contributed by atoms with E-state index in [2.05, 4.69) is 19.2 Å². The Kier molecular flexibility index (Phi) is 4.54. The van der Waals surface area contributed by atoms with Crippen LogP contribution in [0.2, 0.25) is 0 Å². The monoisotopic (exact) mass is 254 g/mol. The molecule has 2 rings (SSSR count). The van der Waals surface area contributed by atoms with Crippen LogP contribution in [0.1, 0.15) is 54.1 Å². The SMILES string of the molecule is CNCc1sc(C2CCCOC2)nc1C(C)C. The summed E-state index contributed by atoms with van der Waals surface area (Å²) >= 11 is 1.87. The van der Waals surface area contributed by atoms with Crippen LogP contribution in [0.5, 0.6) is 0 Å². The van der Waals surface area contributed by atoms with Crippen molar-refractivity contribution in [3.63, 3.8) is 0 Å². The average Bonchev–Trinajstić information content (AvgIpc) is 2.75. The van der Waals surface area contributed by atoms with Crippen LogP contribution in [0.15, 0.2) is 0 Å². The van der Waals surface area contributed by atoms with Gasteiger partial charge in [0.1, 0.15) is 0 Å². The van der Waals surface area contributed by atoms with Crippen LogP contribution < -0.4 is 5.32 Å². The third kappa shape index (κ3) is 3.06. The maximum absolute atomic E-state index is 5.56. The zero-order valence-corrected chi connectivity index (χ0v) is 11.8. The van der Waals surface area contributed by atoms with Gasteiger partial charge in [-0.3, -0.25) is 0 Å². The second kappa shape index (κ2) is 5.94. The second-order valence-electron chi connectivity index (χ2n) is 4.96. The first-order chi connectivity index (χ1) is 8.22. The second-order valence-corrected chi connectivity index (χ2v) is 6.07. The Balaban J connectivity index is 2.19. The first-order valence-electron chi connectivity index (χ1n) is 6.44. The number of ether oxygens (including phenoxy) is 1. The zero-order valence-electron chi connectivity index (χ0n) is 11.0. The largest absolute Gasteiger partial charge is 0.381 e. The van der Waals surface area contributed by atoms with E-state index >= 15 is 0 Å². The summed E-state index contributed by atoms with van der Waals surface area (Å²) in [6.45, 7) is 7.13. The molecule has 1 atom stereocenters. The Labute approximate surface area is 108 Å². The van der Waals surface area contributed by atoms with Crippen LogP contribution >= 0.6 is 11.3 Å². The van der Waals surface area contributed by atoms with Gasteiger partial charge in [0.15, 0.2) is 0 Å². The van der Waals surface area contributed by atoms with Crippen molar-refractivity contribution in [2.45, 2.75) is 45.1 Å². The molecular weight excluding hydrogens is 232 g/mol. The molecule has 17 heavy (non-hydrogen) atoms. The summed E-state index contributed by atoms with van der Waals surface area (Å²) < 4.78 is 5.56. The molecule has 4 heteroatoms. The van der Waals surface area contributed by atoms with Gasteiger partial charge >= 0.3 is 0 Å². The van der Waals surface area contributed by atoms with Crippen LogP contribution in [0.3, 0.4) is 0 Å². The predicted molar refractivity (Wildman–Crippen MR) is 71.8 cm³/mol. The molecule has 0 saturated carbocycles. The molecule has 1 N–H and O–H groups in total. The van der Waals surface area contributed by atoms with Gasteiger partial charge in [-0.2, -0.15) is 0 Å². The molecular formula is C13H22N2OS. The van der Waals surface area contributed by atoms with Crippen molar-refractivity contribution in [1.82, 2.24) is 10.3 Å². The highest BCUT2D eigenvalue weighted by molar-refractivity contribution is 7.11. The molecule has 96 valence electrons. The Morgan fingerprint density at radius 3 is 2.94 bits per heavy atom. The minimum absolute atomic E-state index is 0.507. The van der Waals surface area contributed by atoms with Crippen molar-refractivity contribution < 1.29 is 4.74 Å². The van der Waals surface area contributed by atoms with Crippen molar-refractivity contribution in [2.24, 2.45) is 0 Å². The molecule has 0 aliphatic carbocycles. The first kappa shape index (κ1) is 13.0. The van der Waals surface area contributed by atoms with E-state index in [0.717, 1.165) is 19.8 Å².